The quantitative estimate of drug-likeness (QED) is 0.719. The second-order valence-corrected chi connectivity index (χ2v) is 6.80. The van der Waals surface area contributed by atoms with Crippen molar-refractivity contribution >= 4 is 17.8 Å². The van der Waals surface area contributed by atoms with Crippen LogP contribution in [-0.2, 0) is 20.9 Å². The van der Waals surface area contributed by atoms with Gasteiger partial charge in [0.25, 0.3) is 5.91 Å². The molecule has 0 unspecified atom stereocenters. The molecule has 1 saturated heterocycles. The second kappa shape index (κ2) is 11.6. The highest BCUT2D eigenvalue weighted by Gasteiger charge is 2.21. The predicted molar refractivity (Wildman–Crippen MR) is 110 cm³/mol. The normalized spacial score (nSPS) is 13.7. The van der Waals surface area contributed by atoms with Crippen LogP contribution in [0.1, 0.15) is 11.1 Å². The first kappa shape index (κ1) is 22.9. The van der Waals surface area contributed by atoms with E-state index in [4.69, 9.17) is 24.5 Å². The molecule has 0 bridgehead atoms. The van der Waals surface area contributed by atoms with Crippen LogP contribution in [0.4, 0.5) is 0 Å². The first-order valence-electron chi connectivity index (χ1n) is 9.55. The van der Waals surface area contributed by atoms with E-state index in [1.165, 1.54) is 11.1 Å². The van der Waals surface area contributed by atoms with E-state index in [0.29, 0.717) is 0 Å². The molecule has 30 heavy (non-hydrogen) atoms. The Bertz CT molecular complexity index is 836. The van der Waals surface area contributed by atoms with Gasteiger partial charge in [-0.2, -0.15) is 0 Å². The molecule has 8 heteroatoms. The van der Waals surface area contributed by atoms with Gasteiger partial charge in [-0.15, -0.1) is 0 Å². The number of nitrogens with zero attached hydrogens (tertiary/aromatic N) is 2. The minimum atomic E-state index is -1.82. The first-order chi connectivity index (χ1) is 14.4. The zero-order chi connectivity index (χ0) is 21.9. The molecule has 1 fully saturated rings. The van der Waals surface area contributed by atoms with E-state index < -0.39 is 11.9 Å². The van der Waals surface area contributed by atoms with Crippen LogP contribution in [0.5, 0.6) is 5.75 Å². The van der Waals surface area contributed by atoms with E-state index in [1.807, 2.05) is 35.2 Å². The fourth-order valence-corrected chi connectivity index (χ4v) is 2.94. The number of aryl methyl sites for hydroxylation is 1. The van der Waals surface area contributed by atoms with Crippen LogP contribution in [0.15, 0.2) is 54.6 Å². The molecule has 2 N–H and O–H groups in total. The zero-order valence-corrected chi connectivity index (χ0v) is 16.9. The summed E-state index contributed by atoms with van der Waals surface area (Å²) < 4.78 is 5.55. The summed E-state index contributed by atoms with van der Waals surface area (Å²) in [5.74, 6) is -2.84. The van der Waals surface area contributed by atoms with Gasteiger partial charge < -0.3 is 19.8 Å². The molecule has 0 saturated carbocycles. The Hall–Kier alpha value is -3.39. The smallest absolute Gasteiger partial charge is 0.414 e. The maximum atomic E-state index is 12.3. The number of benzene rings is 2. The van der Waals surface area contributed by atoms with Crippen LogP contribution in [0.25, 0.3) is 0 Å². The van der Waals surface area contributed by atoms with Gasteiger partial charge in [0.15, 0.2) is 6.61 Å². The Balaban J connectivity index is 0.000000469. The number of aliphatic carboxylic acids is 2. The number of hydrogen-bond donors (Lipinski definition) is 2. The fourth-order valence-electron chi connectivity index (χ4n) is 2.94. The maximum Gasteiger partial charge on any atom is 0.414 e. The van der Waals surface area contributed by atoms with Gasteiger partial charge in [-0.3, -0.25) is 9.69 Å². The zero-order valence-electron chi connectivity index (χ0n) is 16.9. The summed E-state index contributed by atoms with van der Waals surface area (Å²) in [6.45, 7) is 6.57. The van der Waals surface area contributed by atoms with Crippen molar-refractivity contribution in [3.05, 3.63) is 65.7 Å². The molecule has 1 aliphatic rings. The average molecular weight is 414 g/mol. The van der Waals surface area contributed by atoms with Crippen LogP contribution in [0.3, 0.4) is 0 Å². The molecular weight excluding hydrogens is 388 g/mol. The number of rotatable bonds is 5. The van der Waals surface area contributed by atoms with E-state index in [0.717, 1.165) is 38.5 Å². The molecule has 0 atom stereocenters. The van der Waals surface area contributed by atoms with Gasteiger partial charge in [0.1, 0.15) is 5.75 Å². The molecule has 2 aromatic rings. The van der Waals surface area contributed by atoms with Crippen LogP contribution in [-0.4, -0.2) is 70.6 Å². The highest BCUT2D eigenvalue weighted by molar-refractivity contribution is 6.27. The van der Waals surface area contributed by atoms with Crippen molar-refractivity contribution in [2.45, 2.75) is 13.5 Å². The molecule has 160 valence electrons. The highest BCUT2D eigenvalue weighted by atomic mass is 16.5. The summed E-state index contributed by atoms with van der Waals surface area (Å²) in [6, 6.07) is 18.0. The highest BCUT2D eigenvalue weighted by Crippen LogP contribution is 2.13. The van der Waals surface area contributed by atoms with E-state index in [-0.39, 0.29) is 12.5 Å². The number of para-hydroxylation sites is 1. The third-order valence-electron chi connectivity index (χ3n) is 4.67. The largest absolute Gasteiger partial charge is 0.484 e. The molecule has 0 aliphatic carbocycles. The molecule has 0 radical (unpaired) electrons. The number of amides is 1. The topological polar surface area (TPSA) is 107 Å². The lowest BCUT2D eigenvalue weighted by Crippen LogP contribution is -2.49. The number of carbonyl (C=O) groups is 3. The van der Waals surface area contributed by atoms with Crippen LogP contribution in [0.2, 0.25) is 0 Å². The van der Waals surface area contributed by atoms with E-state index in [2.05, 4.69) is 36.1 Å². The van der Waals surface area contributed by atoms with Crippen molar-refractivity contribution in [1.29, 1.82) is 0 Å². The van der Waals surface area contributed by atoms with Gasteiger partial charge in [-0.25, -0.2) is 9.59 Å². The van der Waals surface area contributed by atoms with Crippen molar-refractivity contribution in [1.82, 2.24) is 9.80 Å². The Labute approximate surface area is 175 Å². The van der Waals surface area contributed by atoms with Gasteiger partial charge in [-0.05, 0) is 30.2 Å². The van der Waals surface area contributed by atoms with E-state index >= 15 is 0 Å². The van der Waals surface area contributed by atoms with Crippen LogP contribution >= 0.6 is 0 Å². The van der Waals surface area contributed by atoms with Crippen LogP contribution < -0.4 is 4.74 Å². The molecule has 2 aromatic carbocycles. The monoisotopic (exact) mass is 414 g/mol. The molecule has 1 heterocycles. The minimum Gasteiger partial charge on any atom is -0.484 e. The van der Waals surface area contributed by atoms with Gasteiger partial charge >= 0.3 is 11.9 Å². The van der Waals surface area contributed by atoms with Crippen molar-refractivity contribution in [2.24, 2.45) is 0 Å². The summed E-state index contributed by atoms with van der Waals surface area (Å²) in [5, 5.41) is 14.8. The molecule has 8 nitrogen and oxygen atoms in total. The summed E-state index contributed by atoms with van der Waals surface area (Å²) >= 11 is 0. The Morgan fingerprint density at radius 3 is 2.00 bits per heavy atom. The van der Waals surface area contributed by atoms with Gasteiger partial charge in [0, 0.05) is 32.7 Å². The number of carboxylic acid groups (broad SMARTS) is 2. The third-order valence-corrected chi connectivity index (χ3v) is 4.67. The summed E-state index contributed by atoms with van der Waals surface area (Å²) in [6.07, 6.45) is 0. The average Bonchev–Trinajstić information content (AvgIpc) is 2.75. The van der Waals surface area contributed by atoms with E-state index in [9.17, 15) is 4.79 Å². The van der Waals surface area contributed by atoms with Crippen molar-refractivity contribution in [3.63, 3.8) is 0 Å². The molecule has 0 aromatic heterocycles. The lowest BCUT2D eigenvalue weighted by molar-refractivity contribution is -0.159. The molecular formula is C22H26N2O6. The third kappa shape index (κ3) is 7.56. The number of carboxylic acids is 2. The predicted octanol–water partition coefficient (Wildman–Crippen LogP) is 1.87. The summed E-state index contributed by atoms with van der Waals surface area (Å²) in [4.78, 5) is 34.8. The number of ether oxygens (including phenoxy) is 1. The van der Waals surface area contributed by atoms with Crippen molar-refractivity contribution < 1.29 is 29.3 Å². The minimum absolute atomic E-state index is 0.0643. The standard InChI is InChI=1S/C20H24N2O2.C2H2O4/c1-17-7-5-6-8-18(17)15-21-11-13-22(14-12-21)20(23)16-24-19-9-3-2-4-10-19;3-1(4)2(5)6/h2-10H,11-16H2,1H3;(H,3,4)(H,5,6). The SMILES string of the molecule is Cc1ccccc1CN1CCN(C(=O)COc2ccccc2)CC1.O=C(O)C(=O)O. The van der Waals surface area contributed by atoms with Crippen LogP contribution in [0, 0.1) is 6.92 Å². The number of carbonyl (C=O) groups excluding carboxylic acids is 1. The fraction of sp³-hybridized carbons (Fsp3) is 0.318. The summed E-state index contributed by atoms with van der Waals surface area (Å²) in [7, 11) is 0. The number of piperazine rings is 1. The van der Waals surface area contributed by atoms with Crippen molar-refractivity contribution in [2.75, 3.05) is 32.8 Å². The molecule has 1 amide bonds. The maximum absolute atomic E-state index is 12.3. The Morgan fingerprint density at radius 1 is 0.867 bits per heavy atom. The van der Waals surface area contributed by atoms with Gasteiger partial charge in [0.05, 0.1) is 0 Å². The second-order valence-electron chi connectivity index (χ2n) is 6.80. The lowest BCUT2D eigenvalue weighted by atomic mass is 10.1. The molecule has 0 spiro atoms. The van der Waals surface area contributed by atoms with Gasteiger partial charge in [0.2, 0.25) is 0 Å². The molecule has 1 aliphatic heterocycles. The number of hydrogen-bond acceptors (Lipinski definition) is 5. The Morgan fingerprint density at radius 2 is 1.43 bits per heavy atom. The lowest BCUT2D eigenvalue weighted by Gasteiger charge is -2.35. The van der Waals surface area contributed by atoms with Crippen molar-refractivity contribution in [3.8, 4) is 5.75 Å². The summed E-state index contributed by atoms with van der Waals surface area (Å²) in [5.41, 5.74) is 2.69. The van der Waals surface area contributed by atoms with E-state index in [1.54, 1.807) is 0 Å². The molecule has 3 rings (SSSR count). The Kier molecular flexibility index (Phi) is 8.83. The van der Waals surface area contributed by atoms with Gasteiger partial charge in [-0.1, -0.05) is 42.5 Å². The first-order valence-corrected chi connectivity index (χ1v) is 9.55.